The van der Waals surface area contributed by atoms with Gasteiger partial charge in [0.25, 0.3) is 0 Å². The van der Waals surface area contributed by atoms with Gasteiger partial charge in [-0.1, -0.05) is 40.6 Å². The summed E-state index contributed by atoms with van der Waals surface area (Å²) < 4.78 is 38.5. The second-order valence-corrected chi connectivity index (χ2v) is 7.99. The highest BCUT2D eigenvalue weighted by Crippen LogP contribution is 2.38. The van der Waals surface area contributed by atoms with Crippen LogP contribution in [0.5, 0.6) is 0 Å². The SMILES string of the molecule is CN(c1ccc(C(F)(F)F)cc1)c1ncnc2sc(Nc3c(Cl)cccc3Cl)nc12. The van der Waals surface area contributed by atoms with E-state index in [0.29, 0.717) is 42.7 Å². The van der Waals surface area contributed by atoms with Crippen LogP contribution >= 0.6 is 34.5 Å². The van der Waals surface area contributed by atoms with Crippen LogP contribution in [-0.2, 0) is 6.18 Å². The number of halogens is 5. The van der Waals surface area contributed by atoms with E-state index in [0.717, 1.165) is 12.1 Å². The lowest BCUT2D eigenvalue weighted by Gasteiger charge is -2.19. The van der Waals surface area contributed by atoms with Crippen molar-refractivity contribution >= 4 is 67.2 Å². The van der Waals surface area contributed by atoms with Crippen molar-refractivity contribution in [2.75, 3.05) is 17.3 Å². The minimum atomic E-state index is -4.39. The number of para-hydroxylation sites is 1. The van der Waals surface area contributed by atoms with Gasteiger partial charge in [0.15, 0.2) is 15.8 Å². The Morgan fingerprint density at radius 3 is 2.30 bits per heavy atom. The normalized spacial score (nSPS) is 11.7. The van der Waals surface area contributed by atoms with E-state index >= 15 is 0 Å². The maximum atomic E-state index is 12.8. The average Bonchev–Trinajstić information content (AvgIpc) is 3.12. The first-order valence-electron chi connectivity index (χ1n) is 8.47. The number of alkyl halides is 3. The molecule has 2 heterocycles. The van der Waals surface area contributed by atoms with Crippen molar-refractivity contribution in [2.24, 2.45) is 0 Å². The molecule has 0 amide bonds. The summed E-state index contributed by atoms with van der Waals surface area (Å²) in [6.07, 6.45) is -3.02. The molecule has 5 nitrogen and oxygen atoms in total. The van der Waals surface area contributed by atoms with Crippen LogP contribution in [0.25, 0.3) is 10.3 Å². The highest BCUT2D eigenvalue weighted by atomic mass is 35.5. The smallest absolute Gasteiger partial charge is 0.329 e. The van der Waals surface area contributed by atoms with Crippen LogP contribution in [0.4, 0.5) is 35.5 Å². The zero-order valence-corrected chi connectivity index (χ0v) is 17.5. The maximum Gasteiger partial charge on any atom is 0.416 e. The second kappa shape index (κ2) is 7.90. The number of rotatable bonds is 4. The van der Waals surface area contributed by atoms with E-state index in [9.17, 15) is 13.2 Å². The van der Waals surface area contributed by atoms with Gasteiger partial charge in [0.05, 0.1) is 21.3 Å². The van der Waals surface area contributed by atoms with Crippen LogP contribution in [0.3, 0.4) is 0 Å². The third-order valence-corrected chi connectivity index (χ3v) is 5.78. The van der Waals surface area contributed by atoms with Gasteiger partial charge in [-0.05, 0) is 36.4 Å². The molecule has 0 saturated carbocycles. The first kappa shape index (κ1) is 20.6. The zero-order valence-electron chi connectivity index (χ0n) is 15.2. The predicted molar refractivity (Wildman–Crippen MR) is 114 cm³/mol. The quantitative estimate of drug-likeness (QED) is 0.351. The van der Waals surface area contributed by atoms with Crippen LogP contribution in [-0.4, -0.2) is 22.0 Å². The Kier molecular flexibility index (Phi) is 5.44. The fourth-order valence-corrected chi connectivity index (χ4v) is 4.06. The Bertz CT molecular complexity index is 1190. The monoisotopic (exact) mass is 469 g/mol. The first-order chi connectivity index (χ1) is 14.2. The minimum absolute atomic E-state index is 0.440. The van der Waals surface area contributed by atoms with Crippen molar-refractivity contribution in [1.82, 2.24) is 15.0 Å². The lowest BCUT2D eigenvalue weighted by Crippen LogP contribution is -2.13. The number of nitrogens with one attached hydrogen (secondary N) is 1. The molecule has 2 aromatic carbocycles. The van der Waals surface area contributed by atoms with Crippen molar-refractivity contribution in [1.29, 1.82) is 0 Å². The summed E-state index contributed by atoms with van der Waals surface area (Å²) in [4.78, 5) is 15.3. The molecule has 154 valence electrons. The Hall–Kier alpha value is -2.62. The Morgan fingerprint density at radius 2 is 1.67 bits per heavy atom. The molecule has 0 unspecified atom stereocenters. The van der Waals surface area contributed by atoms with Gasteiger partial charge in [-0.25, -0.2) is 15.0 Å². The van der Waals surface area contributed by atoms with Gasteiger partial charge in [0.2, 0.25) is 0 Å². The van der Waals surface area contributed by atoms with Crippen molar-refractivity contribution in [3.63, 3.8) is 0 Å². The van der Waals surface area contributed by atoms with Crippen LogP contribution in [0.1, 0.15) is 5.56 Å². The molecule has 4 rings (SSSR count). The molecule has 0 aliphatic rings. The van der Waals surface area contributed by atoms with E-state index in [1.807, 2.05) is 0 Å². The van der Waals surface area contributed by atoms with E-state index in [2.05, 4.69) is 20.3 Å². The maximum absolute atomic E-state index is 12.8. The zero-order chi connectivity index (χ0) is 21.5. The van der Waals surface area contributed by atoms with Gasteiger partial charge in [0.1, 0.15) is 11.8 Å². The van der Waals surface area contributed by atoms with Crippen LogP contribution in [0, 0.1) is 0 Å². The molecule has 0 radical (unpaired) electrons. The highest BCUT2D eigenvalue weighted by molar-refractivity contribution is 7.21. The second-order valence-electron chi connectivity index (χ2n) is 6.20. The number of aromatic nitrogens is 3. The standard InChI is InChI=1S/C19H12Cl2F3N5S/c1-29(11-7-5-10(6-8-11)19(22,23)24)16-15-17(26-9-25-16)30-18(28-15)27-14-12(20)3-2-4-13(14)21/h2-9H,1H3,(H,27,28). The first-order valence-corrected chi connectivity index (χ1v) is 10.0. The van der Waals surface area contributed by atoms with E-state index in [4.69, 9.17) is 23.2 Å². The lowest BCUT2D eigenvalue weighted by atomic mass is 10.2. The predicted octanol–water partition coefficient (Wildman–Crippen LogP) is 6.92. The number of anilines is 4. The molecule has 1 N–H and O–H groups in total. The highest BCUT2D eigenvalue weighted by Gasteiger charge is 2.30. The minimum Gasteiger partial charge on any atom is -0.329 e. The van der Waals surface area contributed by atoms with Crippen molar-refractivity contribution < 1.29 is 13.2 Å². The van der Waals surface area contributed by atoms with Crippen molar-refractivity contribution in [3.8, 4) is 0 Å². The molecule has 11 heteroatoms. The van der Waals surface area contributed by atoms with Crippen LogP contribution in [0.15, 0.2) is 48.8 Å². The number of nitrogens with zero attached hydrogens (tertiary/aromatic N) is 4. The van der Waals surface area contributed by atoms with Gasteiger partial charge in [0, 0.05) is 12.7 Å². The summed E-state index contributed by atoms with van der Waals surface area (Å²) in [5, 5.41) is 4.47. The summed E-state index contributed by atoms with van der Waals surface area (Å²) in [7, 11) is 1.70. The topological polar surface area (TPSA) is 53.9 Å². The van der Waals surface area contributed by atoms with Crippen LogP contribution < -0.4 is 10.2 Å². The number of hydrogen-bond donors (Lipinski definition) is 1. The van der Waals surface area contributed by atoms with Gasteiger partial charge in [-0.15, -0.1) is 0 Å². The van der Waals surface area contributed by atoms with Gasteiger partial charge >= 0.3 is 6.18 Å². The third kappa shape index (κ3) is 4.00. The van der Waals surface area contributed by atoms with Gasteiger partial charge in [-0.3, -0.25) is 0 Å². The van der Waals surface area contributed by atoms with E-state index < -0.39 is 11.7 Å². The molecule has 0 aliphatic carbocycles. The van der Waals surface area contributed by atoms with Crippen molar-refractivity contribution in [2.45, 2.75) is 6.18 Å². The lowest BCUT2D eigenvalue weighted by molar-refractivity contribution is -0.137. The Balaban J connectivity index is 1.68. The van der Waals surface area contributed by atoms with Crippen LogP contribution in [0.2, 0.25) is 10.0 Å². The molecule has 0 fully saturated rings. The number of hydrogen-bond acceptors (Lipinski definition) is 6. The number of benzene rings is 2. The van der Waals surface area contributed by atoms with E-state index in [1.165, 1.54) is 29.8 Å². The molecular formula is C19H12Cl2F3N5S. The molecule has 0 atom stereocenters. The Morgan fingerprint density at radius 1 is 1.00 bits per heavy atom. The molecule has 0 saturated heterocycles. The molecule has 30 heavy (non-hydrogen) atoms. The molecular weight excluding hydrogens is 458 g/mol. The molecule has 2 aromatic heterocycles. The summed E-state index contributed by atoms with van der Waals surface area (Å²) >= 11 is 13.7. The fourth-order valence-electron chi connectivity index (χ4n) is 2.76. The molecule has 0 aliphatic heterocycles. The van der Waals surface area contributed by atoms with Gasteiger partial charge in [-0.2, -0.15) is 13.2 Å². The summed E-state index contributed by atoms with van der Waals surface area (Å²) in [5.41, 5.74) is 0.824. The van der Waals surface area contributed by atoms with E-state index in [1.54, 1.807) is 30.1 Å². The third-order valence-electron chi connectivity index (χ3n) is 4.27. The molecule has 4 aromatic rings. The summed E-state index contributed by atoms with van der Waals surface area (Å²) in [6, 6.07) is 9.95. The Labute approximate surface area is 183 Å². The van der Waals surface area contributed by atoms with Gasteiger partial charge < -0.3 is 10.2 Å². The summed E-state index contributed by atoms with van der Waals surface area (Å²) in [5.74, 6) is 0.453. The molecule has 0 spiro atoms. The average molecular weight is 470 g/mol. The number of thiazole rings is 1. The molecule has 0 bridgehead atoms. The fraction of sp³-hybridized carbons (Fsp3) is 0.105. The summed E-state index contributed by atoms with van der Waals surface area (Å²) in [6.45, 7) is 0. The van der Waals surface area contributed by atoms with E-state index in [-0.39, 0.29) is 0 Å². The largest absolute Gasteiger partial charge is 0.416 e. The number of fused-ring (bicyclic) bond motifs is 1. The van der Waals surface area contributed by atoms with Crippen molar-refractivity contribution in [3.05, 3.63) is 64.4 Å².